The minimum absolute atomic E-state index is 0.0944. The molecule has 1 N–H and O–H groups in total. The Morgan fingerprint density at radius 3 is 2.46 bits per heavy atom. The number of benzene rings is 1. The van der Waals surface area contributed by atoms with E-state index in [1.165, 1.54) is 21.7 Å². The third kappa shape index (κ3) is 5.02. The maximum absolute atomic E-state index is 12.6. The molecular weight excluding hydrogens is 332 g/mol. The van der Waals surface area contributed by atoms with E-state index in [0.717, 1.165) is 12.0 Å². The van der Waals surface area contributed by atoms with Crippen molar-refractivity contribution < 1.29 is 9.59 Å². The fraction of sp³-hybridized carbons (Fsp3) is 0.368. The van der Waals surface area contributed by atoms with Gasteiger partial charge in [0.05, 0.1) is 12.5 Å². The largest absolute Gasteiger partial charge is 0.349 e. The molecule has 7 heteroatoms. The minimum Gasteiger partial charge on any atom is -0.349 e. The average Bonchev–Trinajstić information content (AvgIpc) is 2.63. The second-order valence-electron chi connectivity index (χ2n) is 6.21. The summed E-state index contributed by atoms with van der Waals surface area (Å²) in [6.45, 7) is 2.38. The van der Waals surface area contributed by atoms with Gasteiger partial charge >= 0.3 is 0 Å². The molecule has 0 radical (unpaired) electrons. The first kappa shape index (κ1) is 19.4. The zero-order valence-electron chi connectivity index (χ0n) is 15.3. The van der Waals surface area contributed by atoms with Crippen molar-refractivity contribution in [2.24, 2.45) is 0 Å². The summed E-state index contributed by atoms with van der Waals surface area (Å²) in [4.78, 5) is 38.0. The van der Waals surface area contributed by atoms with Crippen molar-refractivity contribution in [1.29, 1.82) is 0 Å². The summed E-state index contributed by atoms with van der Waals surface area (Å²) in [5.74, 6) is -0.515. The van der Waals surface area contributed by atoms with Gasteiger partial charge in [-0.05, 0) is 18.1 Å². The number of carbonyl (C=O) groups excluding carboxylic acids is 2. The summed E-state index contributed by atoms with van der Waals surface area (Å²) in [6, 6.07) is 11.6. The van der Waals surface area contributed by atoms with Crippen LogP contribution in [-0.4, -0.2) is 40.6 Å². The molecule has 138 valence electrons. The van der Waals surface area contributed by atoms with E-state index in [0.29, 0.717) is 6.54 Å². The van der Waals surface area contributed by atoms with Crippen LogP contribution in [0.15, 0.2) is 47.3 Å². The van der Waals surface area contributed by atoms with Crippen LogP contribution in [0.25, 0.3) is 0 Å². The first-order valence-corrected chi connectivity index (χ1v) is 8.56. The Morgan fingerprint density at radius 1 is 1.15 bits per heavy atom. The first-order chi connectivity index (χ1) is 12.4. The number of carbonyl (C=O) groups is 2. The standard InChI is InChI=1S/C19H24N4O3/c1-4-12-23-17(24)11-10-15(21-23)19(26)20-16(13-18(25)22(2)3)14-8-6-5-7-9-14/h5-11,16H,4,12-13H2,1-3H3,(H,20,26)/t16-/m0/s1. The van der Waals surface area contributed by atoms with Gasteiger partial charge in [0.1, 0.15) is 5.69 Å². The van der Waals surface area contributed by atoms with Gasteiger partial charge in [-0.1, -0.05) is 37.3 Å². The van der Waals surface area contributed by atoms with E-state index in [1.54, 1.807) is 14.1 Å². The number of nitrogens with one attached hydrogen (secondary N) is 1. The number of hydrogen-bond donors (Lipinski definition) is 1. The molecule has 0 saturated heterocycles. The highest BCUT2D eigenvalue weighted by molar-refractivity contribution is 5.92. The van der Waals surface area contributed by atoms with Crippen LogP contribution in [0.1, 0.15) is 41.9 Å². The predicted molar refractivity (Wildman–Crippen MR) is 98.7 cm³/mol. The summed E-state index contributed by atoms with van der Waals surface area (Å²) < 4.78 is 1.28. The fourth-order valence-corrected chi connectivity index (χ4v) is 2.47. The van der Waals surface area contributed by atoms with E-state index in [4.69, 9.17) is 0 Å². The highest BCUT2D eigenvalue weighted by Crippen LogP contribution is 2.18. The molecule has 0 bridgehead atoms. The Morgan fingerprint density at radius 2 is 1.85 bits per heavy atom. The molecule has 1 aromatic carbocycles. The maximum atomic E-state index is 12.6. The molecule has 2 aromatic rings. The normalized spacial score (nSPS) is 11.7. The van der Waals surface area contributed by atoms with Crippen LogP contribution >= 0.6 is 0 Å². The van der Waals surface area contributed by atoms with Crippen LogP contribution in [-0.2, 0) is 11.3 Å². The summed E-state index contributed by atoms with van der Waals surface area (Å²) in [7, 11) is 3.35. The molecule has 2 amide bonds. The minimum atomic E-state index is -0.480. The van der Waals surface area contributed by atoms with E-state index < -0.39 is 11.9 Å². The molecule has 1 atom stereocenters. The maximum Gasteiger partial charge on any atom is 0.272 e. The zero-order chi connectivity index (χ0) is 19.1. The van der Waals surface area contributed by atoms with Crippen molar-refractivity contribution >= 4 is 11.8 Å². The van der Waals surface area contributed by atoms with Gasteiger partial charge < -0.3 is 10.2 Å². The van der Waals surface area contributed by atoms with E-state index in [-0.39, 0.29) is 23.6 Å². The molecule has 0 aliphatic rings. The molecule has 1 heterocycles. The van der Waals surface area contributed by atoms with Gasteiger partial charge in [0.25, 0.3) is 11.5 Å². The first-order valence-electron chi connectivity index (χ1n) is 8.56. The second kappa shape index (κ2) is 8.94. The van der Waals surface area contributed by atoms with Crippen LogP contribution in [0.5, 0.6) is 0 Å². The quantitative estimate of drug-likeness (QED) is 0.817. The zero-order valence-corrected chi connectivity index (χ0v) is 15.3. The van der Waals surface area contributed by atoms with Crippen molar-refractivity contribution in [2.45, 2.75) is 32.4 Å². The van der Waals surface area contributed by atoms with Crippen LogP contribution in [0.4, 0.5) is 0 Å². The molecule has 7 nitrogen and oxygen atoms in total. The molecule has 26 heavy (non-hydrogen) atoms. The molecule has 0 unspecified atom stereocenters. The Balaban J connectivity index is 2.24. The third-order valence-corrected chi connectivity index (χ3v) is 3.92. The number of aryl methyl sites for hydroxylation is 1. The molecule has 0 fully saturated rings. The lowest BCUT2D eigenvalue weighted by Gasteiger charge is -2.21. The molecule has 2 rings (SSSR count). The monoisotopic (exact) mass is 356 g/mol. The highest BCUT2D eigenvalue weighted by atomic mass is 16.2. The number of hydrogen-bond acceptors (Lipinski definition) is 4. The molecule has 0 saturated carbocycles. The molecule has 1 aromatic heterocycles. The smallest absolute Gasteiger partial charge is 0.272 e. The summed E-state index contributed by atoms with van der Waals surface area (Å²) >= 11 is 0. The van der Waals surface area contributed by atoms with Gasteiger partial charge in [-0.2, -0.15) is 5.10 Å². The van der Waals surface area contributed by atoms with E-state index >= 15 is 0 Å². The summed E-state index contributed by atoms with van der Waals surface area (Å²) in [5.41, 5.74) is 0.736. The van der Waals surface area contributed by atoms with Crippen LogP contribution in [0, 0.1) is 0 Å². The third-order valence-electron chi connectivity index (χ3n) is 3.92. The van der Waals surface area contributed by atoms with Crippen molar-refractivity contribution in [3.05, 3.63) is 64.1 Å². The van der Waals surface area contributed by atoms with Gasteiger partial charge in [0.15, 0.2) is 0 Å². The van der Waals surface area contributed by atoms with Gasteiger partial charge in [-0.25, -0.2) is 4.68 Å². The van der Waals surface area contributed by atoms with E-state index in [1.807, 2.05) is 37.3 Å². The van der Waals surface area contributed by atoms with Gasteiger partial charge in [-0.15, -0.1) is 0 Å². The topological polar surface area (TPSA) is 84.3 Å². The van der Waals surface area contributed by atoms with Crippen molar-refractivity contribution in [1.82, 2.24) is 20.0 Å². The summed E-state index contributed by atoms with van der Waals surface area (Å²) in [6.07, 6.45) is 0.874. The van der Waals surface area contributed by atoms with Crippen molar-refractivity contribution in [2.75, 3.05) is 14.1 Å². The lowest BCUT2D eigenvalue weighted by atomic mass is 10.0. The lowest BCUT2D eigenvalue weighted by molar-refractivity contribution is -0.129. The van der Waals surface area contributed by atoms with Gasteiger partial charge in [0, 0.05) is 26.7 Å². The summed E-state index contributed by atoms with van der Waals surface area (Å²) in [5, 5.41) is 6.98. The Labute approximate surface area is 152 Å². The highest BCUT2D eigenvalue weighted by Gasteiger charge is 2.21. The Kier molecular flexibility index (Phi) is 6.66. The predicted octanol–water partition coefficient (Wildman–Crippen LogP) is 1.60. The Bertz CT molecular complexity index is 815. The molecule has 0 aliphatic heterocycles. The number of amides is 2. The number of rotatable bonds is 7. The Hall–Kier alpha value is -2.96. The van der Waals surface area contributed by atoms with E-state index in [9.17, 15) is 14.4 Å². The lowest BCUT2D eigenvalue weighted by Crippen LogP contribution is -2.35. The van der Waals surface area contributed by atoms with E-state index in [2.05, 4.69) is 10.4 Å². The molecule has 0 aliphatic carbocycles. The fourth-order valence-electron chi connectivity index (χ4n) is 2.47. The van der Waals surface area contributed by atoms with Crippen LogP contribution in [0.3, 0.4) is 0 Å². The van der Waals surface area contributed by atoms with Crippen molar-refractivity contribution in [3.63, 3.8) is 0 Å². The molecule has 0 spiro atoms. The van der Waals surface area contributed by atoms with Gasteiger partial charge in [-0.3, -0.25) is 14.4 Å². The molecular formula is C19H24N4O3. The number of aromatic nitrogens is 2. The number of nitrogens with zero attached hydrogens (tertiary/aromatic N) is 3. The average molecular weight is 356 g/mol. The van der Waals surface area contributed by atoms with Crippen LogP contribution < -0.4 is 10.9 Å². The van der Waals surface area contributed by atoms with Gasteiger partial charge in [0.2, 0.25) is 5.91 Å². The second-order valence-corrected chi connectivity index (χ2v) is 6.21. The SMILES string of the molecule is CCCn1nc(C(=O)N[C@@H](CC(=O)N(C)C)c2ccccc2)ccc1=O. The van der Waals surface area contributed by atoms with Crippen molar-refractivity contribution in [3.8, 4) is 0 Å². The van der Waals surface area contributed by atoms with Crippen LogP contribution in [0.2, 0.25) is 0 Å².